The van der Waals surface area contributed by atoms with Gasteiger partial charge < -0.3 is 4.74 Å². The lowest BCUT2D eigenvalue weighted by Crippen LogP contribution is -2.13. The summed E-state index contributed by atoms with van der Waals surface area (Å²) in [7, 11) is 0. The summed E-state index contributed by atoms with van der Waals surface area (Å²) in [6, 6.07) is 7.73. The van der Waals surface area contributed by atoms with Crippen LogP contribution in [0.15, 0.2) is 18.2 Å². The number of hydrogen-bond acceptors (Lipinski definition) is 2. The fraction of sp³-hybridized carbons (Fsp3) is 0.462. The van der Waals surface area contributed by atoms with E-state index in [0.717, 1.165) is 11.3 Å². The first-order valence-corrected chi connectivity index (χ1v) is 5.16. The lowest BCUT2D eigenvalue weighted by Gasteiger charge is -2.22. The highest BCUT2D eigenvalue weighted by molar-refractivity contribution is 5.45. The van der Waals surface area contributed by atoms with E-state index in [1.807, 2.05) is 19.1 Å². The third-order valence-electron chi connectivity index (χ3n) is 2.22. The highest BCUT2D eigenvalue weighted by Crippen LogP contribution is 2.32. The van der Waals surface area contributed by atoms with E-state index >= 15 is 0 Å². The van der Waals surface area contributed by atoms with Crippen molar-refractivity contribution in [2.45, 2.75) is 33.1 Å². The van der Waals surface area contributed by atoms with Crippen LogP contribution in [0.2, 0.25) is 0 Å². The van der Waals surface area contributed by atoms with Crippen LogP contribution in [0.4, 0.5) is 0 Å². The van der Waals surface area contributed by atoms with Crippen LogP contribution >= 0.6 is 0 Å². The molecule has 0 fully saturated rings. The van der Waals surface area contributed by atoms with E-state index in [1.54, 1.807) is 6.07 Å². The summed E-state index contributed by atoms with van der Waals surface area (Å²) in [4.78, 5) is 0. The zero-order valence-electron chi connectivity index (χ0n) is 9.79. The summed E-state index contributed by atoms with van der Waals surface area (Å²) < 4.78 is 5.55. The van der Waals surface area contributed by atoms with E-state index in [2.05, 4.69) is 26.8 Å². The minimum atomic E-state index is -0.00262. The van der Waals surface area contributed by atoms with Gasteiger partial charge in [-0.1, -0.05) is 20.8 Å². The van der Waals surface area contributed by atoms with Crippen molar-refractivity contribution < 1.29 is 4.74 Å². The second kappa shape index (κ2) is 4.35. The minimum Gasteiger partial charge on any atom is -0.494 e. The number of nitriles is 1. The average molecular weight is 203 g/mol. The Bertz CT molecular complexity index is 383. The van der Waals surface area contributed by atoms with E-state index in [4.69, 9.17) is 10.00 Å². The molecule has 2 heteroatoms. The second-order valence-electron chi connectivity index (χ2n) is 4.51. The molecule has 1 aromatic carbocycles. The van der Waals surface area contributed by atoms with Crippen LogP contribution < -0.4 is 4.74 Å². The summed E-state index contributed by atoms with van der Waals surface area (Å²) in [5, 5.41) is 8.86. The monoisotopic (exact) mass is 203 g/mol. The number of rotatable bonds is 2. The van der Waals surface area contributed by atoms with Gasteiger partial charge >= 0.3 is 0 Å². The number of nitrogens with zero attached hydrogens (tertiary/aromatic N) is 1. The van der Waals surface area contributed by atoms with Gasteiger partial charge in [-0.2, -0.15) is 5.26 Å². The van der Waals surface area contributed by atoms with Crippen molar-refractivity contribution in [1.82, 2.24) is 0 Å². The SMILES string of the molecule is CCOc1ccc(C#N)cc1C(C)(C)C. The molecule has 15 heavy (non-hydrogen) atoms. The van der Waals surface area contributed by atoms with Crippen molar-refractivity contribution >= 4 is 0 Å². The Morgan fingerprint density at radius 2 is 2.00 bits per heavy atom. The Morgan fingerprint density at radius 3 is 2.47 bits per heavy atom. The van der Waals surface area contributed by atoms with Crippen molar-refractivity contribution in [3.05, 3.63) is 29.3 Å². The lowest BCUT2D eigenvalue weighted by molar-refractivity contribution is 0.330. The van der Waals surface area contributed by atoms with E-state index in [9.17, 15) is 0 Å². The fourth-order valence-electron chi connectivity index (χ4n) is 1.47. The van der Waals surface area contributed by atoms with E-state index in [1.165, 1.54) is 0 Å². The van der Waals surface area contributed by atoms with E-state index < -0.39 is 0 Å². The molecule has 0 N–H and O–H groups in total. The normalized spacial score (nSPS) is 10.9. The molecule has 1 rings (SSSR count). The molecule has 0 amide bonds. The van der Waals surface area contributed by atoms with Crippen molar-refractivity contribution in [2.24, 2.45) is 0 Å². The highest BCUT2D eigenvalue weighted by atomic mass is 16.5. The lowest BCUT2D eigenvalue weighted by atomic mass is 9.85. The Hall–Kier alpha value is -1.49. The molecule has 0 unspecified atom stereocenters. The average Bonchev–Trinajstić information content (AvgIpc) is 2.17. The van der Waals surface area contributed by atoms with Crippen LogP contribution in [0, 0.1) is 11.3 Å². The van der Waals surface area contributed by atoms with Gasteiger partial charge in [0.1, 0.15) is 5.75 Å². The first-order chi connectivity index (χ1) is 6.99. The molecular weight excluding hydrogens is 186 g/mol. The molecule has 2 nitrogen and oxygen atoms in total. The number of ether oxygens (including phenoxy) is 1. The highest BCUT2D eigenvalue weighted by Gasteiger charge is 2.19. The maximum atomic E-state index is 8.86. The van der Waals surface area contributed by atoms with Crippen molar-refractivity contribution in [1.29, 1.82) is 5.26 Å². The molecule has 0 saturated carbocycles. The van der Waals surface area contributed by atoms with Gasteiger partial charge in [0, 0.05) is 5.56 Å². The summed E-state index contributed by atoms with van der Waals surface area (Å²) in [5.41, 5.74) is 1.77. The molecular formula is C13H17NO. The van der Waals surface area contributed by atoms with Crippen LogP contribution in [0.1, 0.15) is 38.8 Å². The zero-order valence-corrected chi connectivity index (χ0v) is 9.79. The molecule has 0 aliphatic carbocycles. The summed E-state index contributed by atoms with van der Waals surface area (Å²) in [6.45, 7) is 8.96. The van der Waals surface area contributed by atoms with E-state index in [0.29, 0.717) is 12.2 Å². The minimum absolute atomic E-state index is 0.00262. The molecule has 0 atom stereocenters. The van der Waals surface area contributed by atoms with Gasteiger partial charge in [0.05, 0.1) is 18.2 Å². The van der Waals surface area contributed by atoms with Crippen LogP contribution in [-0.4, -0.2) is 6.61 Å². The Kier molecular flexibility index (Phi) is 3.36. The van der Waals surface area contributed by atoms with Gasteiger partial charge in [-0.15, -0.1) is 0 Å². The Balaban J connectivity index is 3.24. The second-order valence-corrected chi connectivity index (χ2v) is 4.51. The van der Waals surface area contributed by atoms with Crippen LogP contribution in [0.3, 0.4) is 0 Å². The van der Waals surface area contributed by atoms with Gasteiger partial charge in [-0.05, 0) is 30.5 Å². The standard InChI is InChI=1S/C13H17NO/c1-5-15-12-7-6-10(9-14)8-11(12)13(2,3)4/h6-8H,5H2,1-4H3. The molecule has 0 saturated heterocycles. The molecule has 0 spiro atoms. The predicted octanol–water partition coefficient (Wildman–Crippen LogP) is 3.25. The predicted molar refractivity (Wildman–Crippen MR) is 61.0 cm³/mol. The van der Waals surface area contributed by atoms with Gasteiger partial charge in [-0.25, -0.2) is 0 Å². The van der Waals surface area contributed by atoms with E-state index in [-0.39, 0.29) is 5.41 Å². The van der Waals surface area contributed by atoms with Crippen LogP contribution in [-0.2, 0) is 5.41 Å². The van der Waals surface area contributed by atoms with Crippen LogP contribution in [0.25, 0.3) is 0 Å². The molecule has 0 heterocycles. The van der Waals surface area contributed by atoms with Crippen molar-refractivity contribution in [3.63, 3.8) is 0 Å². The first kappa shape index (κ1) is 11.6. The Morgan fingerprint density at radius 1 is 1.33 bits per heavy atom. The molecule has 0 aromatic heterocycles. The zero-order chi connectivity index (χ0) is 11.5. The number of benzene rings is 1. The molecule has 1 aromatic rings. The molecule has 0 aliphatic heterocycles. The topological polar surface area (TPSA) is 33.0 Å². The summed E-state index contributed by atoms with van der Waals surface area (Å²) in [5.74, 6) is 0.879. The molecule has 80 valence electrons. The summed E-state index contributed by atoms with van der Waals surface area (Å²) in [6.07, 6.45) is 0. The largest absolute Gasteiger partial charge is 0.494 e. The van der Waals surface area contributed by atoms with Gasteiger partial charge in [0.25, 0.3) is 0 Å². The van der Waals surface area contributed by atoms with Crippen molar-refractivity contribution in [3.8, 4) is 11.8 Å². The third-order valence-corrected chi connectivity index (χ3v) is 2.22. The fourth-order valence-corrected chi connectivity index (χ4v) is 1.47. The first-order valence-electron chi connectivity index (χ1n) is 5.16. The maximum absolute atomic E-state index is 8.86. The quantitative estimate of drug-likeness (QED) is 0.739. The molecule has 0 radical (unpaired) electrons. The van der Waals surface area contributed by atoms with Crippen molar-refractivity contribution in [2.75, 3.05) is 6.61 Å². The van der Waals surface area contributed by atoms with Gasteiger partial charge in [0.15, 0.2) is 0 Å². The van der Waals surface area contributed by atoms with Gasteiger partial charge in [0.2, 0.25) is 0 Å². The Labute approximate surface area is 91.5 Å². The summed E-state index contributed by atoms with van der Waals surface area (Å²) >= 11 is 0. The van der Waals surface area contributed by atoms with Crippen LogP contribution in [0.5, 0.6) is 5.75 Å². The smallest absolute Gasteiger partial charge is 0.123 e. The maximum Gasteiger partial charge on any atom is 0.123 e. The molecule has 0 aliphatic rings. The van der Waals surface area contributed by atoms with Gasteiger partial charge in [-0.3, -0.25) is 0 Å². The number of hydrogen-bond donors (Lipinski definition) is 0. The molecule has 0 bridgehead atoms. The third kappa shape index (κ3) is 2.73.